The zero-order chi connectivity index (χ0) is 23.1. The number of anilines is 1. The number of hydrogen-bond donors (Lipinski definition) is 1. The molecular formula is C26H24ClN5S. The van der Waals surface area contributed by atoms with Crippen molar-refractivity contribution in [2.24, 2.45) is 0 Å². The molecule has 2 unspecified atom stereocenters. The highest BCUT2D eigenvalue weighted by molar-refractivity contribution is 7.80. The fraction of sp³-hybridized carbons (Fsp3) is 0.192. The average molecular weight is 474 g/mol. The van der Waals surface area contributed by atoms with E-state index < -0.39 is 0 Å². The number of benzene rings is 1. The summed E-state index contributed by atoms with van der Waals surface area (Å²) in [5, 5.41) is 4.88. The lowest BCUT2D eigenvalue weighted by molar-refractivity contribution is 0.565. The van der Waals surface area contributed by atoms with Crippen LogP contribution in [0.15, 0.2) is 73.1 Å². The molecule has 7 heteroatoms. The molecule has 4 heterocycles. The first-order valence-electron chi connectivity index (χ1n) is 10.8. The zero-order valence-electron chi connectivity index (χ0n) is 18.7. The topological polar surface area (TPSA) is 46.0 Å². The molecule has 1 aliphatic heterocycles. The summed E-state index contributed by atoms with van der Waals surface area (Å²) in [6, 6.07) is 20.0. The van der Waals surface area contributed by atoms with Gasteiger partial charge in [0.1, 0.15) is 5.82 Å². The fourth-order valence-electron chi connectivity index (χ4n) is 4.58. The van der Waals surface area contributed by atoms with Gasteiger partial charge in [0.2, 0.25) is 0 Å². The Morgan fingerprint density at radius 2 is 1.76 bits per heavy atom. The van der Waals surface area contributed by atoms with Crippen molar-refractivity contribution >= 4 is 34.6 Å². The maximum absolute atomic E-state index is 6.17. The van der Waals surface area contributed by atoms with E-state index in [4.69, 9.17) is 23.8 Å². The van der Waals surface area contributed by atoms with Gasteiger partial charge in [0.15, 0.2) is 5.11 Å². The lowest BCUT2D eigenvalue weighted by Gasteiger charge is -2.28. The highest BCUT2D eigenvalue weighted by atomic mass is 35.5. The van der Waals surface area contributed by atoms with Crippen molar-refractivity contribution in [2.45, 2.75) is 32.9 Å². The van der Waals surface area contributed by atoms with Crippen LogP contribution in [0.5, 0.6) is 0 Å². The summed E-state index contributed by atoms with van der Waals surface area (Å²) < 4.78 is 2.20. The maximum atomic E-state index is 6.17. The van der Waals surface area contributed by atoms with Gasteiger partial charge >= 0.3 is 0 Å². The van der Waals surface area contributed by atoms with E-state index in [1.165, 1.54) is 5.56 Å². The molecule has 0 radical (unpaired) electrons. The highest BCUT2D eigenvalue weighted by Crippen LogP contribution is 2.43. The molecule has 33 heavy (non-hydrogen) atoms. The molecule has 5 nitrogen and oxygen atoms in total. The molecule has 4 aromatic rings. The Morgan fingerprint density at radius 1 is 0.970 bits per heavy atom. The molecule has 1 fully saturated rings. The van der Waals surface area contributed by atoms with E-state index in [0.29, 0.717) is 10.1 Å². The van der Waals surface area contributed by atoms with Crippen LogP contribution in [0.1, 0.15) is 40.3 Å². The number of nitrogens with zero attached hydrogens (tertiary/aromatic N) is 4. The normalized spacial score (nSPS) is 17.9. The van der Waals surface area contributed by atoms with Crippen molar-refractivity contribution in [2.75, 3.05) is 4.90 Å². The number of halogens is 1. The largest absolute Gasteiger partial charge is 0.351 e. The molecular weight excluding hydrogens is 450 g/mol. The van der Waals surface area contributed by atoms with Gasteiger partial charge in [-0.3, -0.25) is 4.98 Å². The van der Waals surface area contributed by atoms with E-state index in [-0.39, 0.29) is 12.1 Å². The third-order valence-electron chi connectivity index (χ3n) is 6.12. The minimum absolute atomic E-state index is 0.0843. The number of nitrogens with one attached hydrogen (secondary N) is 1. The van der Waals surface area contributed by atoms with Gasteiger partial charge in [-0.25, -0.2) is 4.98 Å². The first-order chi connectivity index (χ1) is 15.9. The van der Waals surface area contributed by atoms with Gasteiger partial charge in [-0.05, 0) is 92.6 Å². The molecule has 5 rings (SSSR count). The van der Waals surface area contributed by atoms with E-state index in [1.54, 1.807) is 0 Å². The highest BCUT2D eigenvalue weighted by Gasteiger charge is 2.42. The standard InChI is InChI=1S/C26H24ClN5S/c1-16-7-12-23(29-15-16)31-17(2)14-21(18(31)3)25-24(22-6-4-5-13-28-22)30-26(33)32(25)20-10-8-19(27)9-11-20/h4-15,24-25H,1-3H3,(H,30,33). The minimum Gasteiger partial charge on any atom is -0.351 e. The smallest absolute Gasteiger partial charge is 0.174 e. The van der Waals surface area contributed by atoms with Crippen LogP contribution in [-0.4, -0.2) is 19.6 Å². The molecule has 0 saturated carbocycles. The van der Waals surface area contributed by atoms with Gasteiger partial charge in [-0.2, -0.15) is 0 Å². The molecule has 0 bridgehead atoms. The average Bonchev–Trinajstić information content (AvgIpc) is 3.31. The summed E-state index contributed by atoms with van der Waals surface area (Å²) in [6.07, 6.45) is 3.72. The van der Waals surface area contributed by atoms with Crippen LogP contribution in [0, 0.1) is 20.8 Å². The Bertz CT molecular complexity index is 1300. The van der Waals surface area contributed by atoms with Gasteiger partial charge in [0, 0.05) is 34.5 Å². The van der Waals surface area contributed by atoms with Gasteiger partial charge in [0.05, 0.1) is 17.8 Å². The summed E-state index contributed by atoms with van der Waals surface area (Å²) in [5.74, 6) is 0.905. The summed E-state index contributed by atoms with van der Waals surface area (Å²) >= 11 is 12.0. The van der Waals surface area contributed by atoms with Gasteiger partial charge < -0.3 is 14.8 Å². The Kier molecular flexibility index (Phi) is 5.64. The molecule has 0 aliphatic carbocycles. The molecule has 1 aliphatic rings. The van der Waals surface area contributed by atoms with Crippen LogP contribution in [0.3, 0.4) is 0 Å². The number of rotatable bonds is 4. The molecule has 1 N–H and O–H groups in total. The molecule has 2 atom stereocenters. The Labute approximate surface area is 204 Å². The number of aromatic nitrogens is 3. The van der Waals surface area contributed by atoms with Crippen LogP contribution in [-0.2, 0) is 0 Å². The summed E-state index contributed by atoms with van der Waals surface area (Å²) in [4.78, 5) is 11.5. The van der Waals surface area contributed by atoms with Crippen LogP contribution >= 0.6 is 23.8 Å². The zero-order valence-corrected chi connectivity index (χ0v) is 20.2. The van der Waals surface area contributed by atoms with Crippen molar-refractivity contribution in [3.8, 4) is 5.82 Å². The summed E-state index contributed by atoms with van der Waals surface area (Å²) in [6.45, 7) is 6.30. The first kappa shape index (κ1) is 21.6. The van der Waals surface area contributed by atoms with Crippen molar-refractivity contribution in [1.29, 1.82) is 0 Å². The van der Waals surface area contributed by atoms with Crippen molar-refractivity contribution in [1.82, 2.24) is 19.9 Å². The predicted molar refractivity (Wildman–Crippen MR) is 137 cm³/mol. The van der Waals surface area contributed by atoms with Gasteiger partial charge in [-0.1, -0.05) is 23.7 Å². The number of pyridine rings is 2. The maximum Gasteiger partial charge on any atom is 0.174 e. The summed E-state index contributed by atoms with van der Waals surface area (Å²) in [7, 11) is 0. The van der Waals surface area contributed by atoms with E-state index >= 15 is 0 Å². The molecule has 1 aromatic carbocycles. The lowest BCUT2D eigenvalue weighted by atomic mass is 9.96. The Balaban J connectivity index is 1.67. The second kappa shape index (κ2) is 8.61. The molecule has 3 aromatic heterocycles. The van der Waals surface area contributed by atoms with Crippen LogP contribution in [0.4, 0.5) is 5.69 Å². The van der Waals surface area contributed by atoms with Crippen molar-refractivity contribution < 1.29 is 0 Å². The molecule has 166 valence electrons. The minimum atomic E-state index is -0.102. The molecule has 0 amide bonds. The van der Waals surface area contributed by atoms with E-state index in [0.717, 1.165) is 34.2 Å². The van der Waals surface area contributed by atoms with E-state index in [1.807, 2.05) is 61.8 Å². The first-order valence-corrected chi connectivity index (χ1v) is 11.6. The van der Waals surface area contributed by atoms with Crippen LogP contribution in [0.2, 0.25) is 5.02 Å². The van der Waals surface area contributed by atoms with E-state index in [9.17, 15) is 0 Å². The van der Waals surface area contributed by atoms with Crippen LogP contribution < -0.4 is 10.2 Å². The Morgan fingerprint density at radius 3 is 2.42 bits per heavy atom. The second-order valence-corrected chi connectivity index (χ2v) is 9.15. The number of hydrogen-bond acceptors (Lipinski definition) is 3. The van der Waals surface area contributed by atoms with Gasteiger partial charge in [0.25, 0.3) is 0 Å². The third kappa shape index (κ3) is 3.90. The predicted octanol–water partition coefficient (Wildman–Crippen LogP) is 6.02. The van der Waals surface area contributed by atoms with Gasteiger partial charge in [-0.15, -0.1) is 0 Å². The summed E-state index contributed by atoms with van der Waals surface area (Å²) in [5.41, 5.74) is 6.48. The monoisotopic (exact) mass is 473 g/mol. The van der Waals surface area contributed by atoms with Crippen LogP contribution in [0.25, 0.3) is 5.82 Å². The third-order valence-corrected chi connectivity index (χ3v) is 6.68. The molecule has 0 spiro atoms. The fourth-order valence-corrected chi connectivity index (χ4v) is 5.05. The SMILES string of the molecule is Cc1ccc(-n2c(C)cc(C3C(c4ccccn4)NC(=S)N3c3ccc(Cl)cc3)c2C)nc1. The van der Waals surface area contributed by atoms with Crippen molar-refractivity contribution in [3.05, 3.63) is 106 Å². The van der Waals surface area contributed by atoms with Crippen molar-refractivity contribution in [3.63, 3.8) is 0 Å². The quantitative estimate of drug-likeness (QED) is 0.367. The molecule has 1 saturated heterocycles. The second-order valence-electron chi connectivity index (χ2n) is 8.33. The number of aryl methyl sites for hydroxylation is 2. The Hall–Kier alpha value is -3.22. The lowest BCUT2D eigenvalue weighted by Crippen LogP contribution is -2.29. The van der Waals surface area contributed by atoms with E-state index in [2.05, 4.69) is 56.8 Å². The number of thiocarbonyl (C=S) groups is 1.